The van der Waals surface area contributed by atoms with Crippen molar-refractivity contribution in [3.05, 3.63) is 54.9 Å². The molecule has 0 unspecified atom stereocenters. The van der Waals surface area contributed by atoms with E-state index in [0.29, 0.717) is 24.3 Å². The minimum absolute atomic E-state index is 0.144. The summed E-state index contributed by atoms with van der Waals surface area (Å²) >= 11 is 0. The molecule has 1 rings (SSSR count). The standard InChI is InChI=1S/C14H16FNO/c1-4-8-16(9-5-2)14-7-6-12(11(3)17)10-13(14)15/h4-7,10H,1-2,8-9H2,3H3. The third-order valence-electron chi connectivity index (χ3n) is 2.39. The largest absolute Gasteiger partial charge is 0.362 e. The van der Waals surface area contributed by atoms with Crippen LogP contribution in [0, 0.1) is 5.82 Å². The molecule has 0 atom stereocenters. The molecule has 0 bridgehead atoms. The van der Waals surface area contributed by atoms with Crippen LogP contribution in [0.5, 0.6) is 0 Å². The number of halogens is 1. The molecule has 2 nitrogen and oxygen atoms in total. The summed E-state index contributed by atoms with van der Waals surface area (Å²) in [6.45, 7) is 9.74. The van der Waals surface area contributed by atoms with E-state index >= 15 is 0 Å². The van der Waals surface area contributed by atoms with Crippen molar-refractivity contribution in [1.82, 2.24) is 0 Å². The minimum Gasteiger partial charge on any atom is -0.362 e. The van der Waals surface area contributed by atoms with Gasteiger partial charge in [-0.15, -0.1) is 13.2 Å². The second-order valence-electron chi connectivity index (χ2n) is 3.70. The Balaban J connectivity index is 3.07. The van der Waals surface area contributed by atoms with Gasteiger partial charge in [-0.1, -0.05) is 12.2 Å². The molecule has 0 heterocycles. The lowest BCUT2D eigenvalue weighted by molar-refractivity contribution is 0.101. The van der Waals surface area contributed by atoms with Crippen LogP contribution in [0.3, 0.4) is 0 Å². The Morgan fingerprint density at radius 2 is 1.94 bits per heavy atom. The Kier molecular flexibility index (Phi) is 4.64. The number of rotatable bonds is 6. The lowest BCUT2D eigenvalue weighted by Gasteiger charge is -2.22. The average Bonchev–Trinajstić information content (AvgIpc) is 2.28. The van der Waals surface area contributed by atoms with E-state index in [2.05, 4.69) is 13.2 Å². The summed E-state index contributed by atoms with van der Waals surface area (Å²) in [6.07, 6.45) is 3.39. The molecule has 0 radical (unpaired) electrons. The second kappa shape index (κ2) is 5.99. The molecule has 0 aliphatic rings. The van der Waals surface area contributed by atoms with Gasteiger partial charge in [0.2, 0.25) is 0 Å². The quantitative estimate of drug-likeness (QED) is 0.555. The monoisotopic (exact) mass is 233 g/mol. The summed E-state index contributed by atoms with van der Waals surface area (Å²) in [5.41, 5.74) is 0.832. The predicted molar refractivity (Wildman–Crippen MR) is 69.0 cm³/mol. The van der Waals surface area contributed by atoms with Crippen LogP contribution in [0.25, 0.3) is 0 Å². The van der Waals surface area contributed by atoms with Gasteiger partial charge < -0.3 is 4.90 Å². The zero-order valence-electron chi connectivity index (χ0n) is 9.95. The SMILES string of the molecule is C=CCN(CC=C)c1ccc(C(C)=O)cc1F. The van der Waals surface area contributed by atoms with E-state index in [1.54, 1.807) is 29.2 Å². The van der Waals surface area contributed by atoms with Gasteiger partial charge in [-0.25, -0.2) is 4.39 Å². The number of Topliss-reactive ketones (excluding diaryl/α,β-unsaturated/α-hetero) is 1. The van der Waals surface area contributed by atoms with Crippen molar-refractivity contribution in [2.24, 2.45) is 0 Å². The minimum atomic E-state index is -0.401. The van der Waals surface area contributed by atoms with E-state index in [4.69, 9.17) is 0 Å². The Morgan fingerprint density at radius 3 is 2.35 bits per heavy atom. The van der Waals surface area contributed by atoms with E-state index < -0.39 is 5.82 Å². The first-order chi connectivity index (χ1) is 8.10. The fourth-order valence-electron chi connectivity index (χ4n) is 1.57. The molecule has 0 saturated heterocycles. The first kappa shape index (κ1) is 13.2. The van der Waals surface area contributed by atoms with Crippen molar-refractivity contribution in [2.45, 2.75) is 6.92 Å². The molecule has 3 heteroatoms. The molecule has 0 aliphatic carbocycles. The van der Waals surface area contributed by atoms with Gasteiger partial charge >= 0.3 is 0 Å². The number of nitrogens with zero attached hydrogens (tertiary/aromatic N) is 1. The Labute approximate surface area is 101 Å². The van der Waals surface area contributed by atoms with Gasteiger partial charge in [0.1, 0.15) is 5.82 Å². The van der Waals surface area contributed by atoms with Gasteiger partial charge in [0, 0.05) is 18.7 Å². The highest BCUT2D eigenvalue weighted by Crippen LogP contribution is 2.20. The Morgan fingerprint density at radius 1 is 1.35 bits per heavy atom. The van der Waals surface area contributed by atoms with E-state index in [1.807, 2.05) is 0 Å². The number of anilines is 1. The molecule has 0 amide bonds. The van der Waals surface area contributed by atoms with E-state index in [-0.39, 0.29) is 5.78 Å². The van der Waals surface area contributed by atoms with E-state index in [9.17, 15) is 9.18 Å². The lowest BCUT2D eigenvalue weighted by atomic mass is 10.1. The number of hydrogen-bond donors (Lipinski definition) is 0. The van der Waals surface area contributed by atoms with Gasteiger partial charge in [0.15, 0.2) is 5.78 Å². The number of benzene rings is 1. The van der Waals surface area contributed by atoms with Crippen molar-refractivity contribution in [2.75, 3.05) is 18.0 Å². The van der Waals surface area contributed by atoms with Crippen molar-refractivity contribution in [1.29, 1.82) is 0 Å². The summed E-state index contributed by atoms with van der Waals surface area (Å²) in [5.74, 6) is -0.546. The highest BCUT2D eigenvalue weighted by Gasteiger charge is 2.11. The van der Waals surface area contributed by atoms with E-state index in [0.717, 1.165) is 0 Å². The molecule has 0 saturated carbocycles. The van der Waals surface area contributed by atoms with Crippen molar-refractivity contribution in [3.8, 4) is 0 Å². The maximum atomic E-state index is 13.8. The summed E-state index contributed by atoms with van der Waals surface area (Å²) in [6, 6.07) is 4.50. The zero-order chi connectivity index (χ0) is 12.8. The maximum absolute atomic E-state index is 13.8. The molecule has 0 aromatic heterocycles. The third kappa shape index (κ3) is 3.28. The molecule has 1 aromatic carbocycles. The topological polar surface area (TPSA) is 20.3 Å². The molecule has 90 valence electrons. The van der Waals surface area contributed by atoms with Crippen LogP contribution in [-0.2, 0) is 0 Å². The summed E-state index contributed by atoms with van der Waals surface area (Å²) in [5, 5.41) is 0. The van der Waals surface area contributed by atoms with Crippen molar-refractivity contribution < 1.29 is 9.18 Å². The average molecular weight is 233 g/mol. The highest BCUT2D eigenvalue weighted by atomic mass is 19.1. The van der Waals surface area contributed by atoms with Gasteiger partial charge in [0.05, 0.1) is 5.69 Å². The van der Waals surface area contributed by atoms with Crippen LogP contribution in [0.4, 0.5) is 10.1 Å². The number of hydrogen-bond acceptors (Lipinski definition) is 2. The summed E-state index contributed by atoms with van der Waals surface area (Å²) in [4.78, 5) is 12.9. The van der Waals surface area contributed by atoms with Gasteiger partial charge in [-0.3, -0.25) is 4.79 Å². The first-order valence-corrected chi connectivity index (χ1v) is 5.37. The van der Waals surface area contributed by atoms with Gasteiger partial charge in [-0.2, -0.15) is 0 Å². The van der Waals surface area contributed by atoms with Crippen LogP contribution in [0.2, 0.25) is 0 Å². The van der Waals surface area contributed by atoms with Crippen LogP contribution < -0.4 is 4.90 Å². The number of carbonyl (C=O) groups excluding carboxylic acids is 1. The van der Waals surface area contributed by atoms with E-state index in [1.165, 1.54) is 13.0 Å². The Bertz CT molecular complexity index is 430. The smallest absolute Gasteiger partial charge is 0.159 e. The molecule has 0 N–H and O–H groups in total. The zero-order valence-corrected chi connectivity index (χ0v) is 9.95. The van der Waals surface area contributed by atoms with Crippen LogP contribution >= 0.6 is 0 Å². The maximum Gasteiger partial charge on any atom is 0.159 e. The van der Waals surface area contributed by atoms with Crippen LogP contribution in [0.15, 0.2) is 43.5 Å². The Hall–Kier alpha value is -1.90. The van der Waals surface area contributed by atoms with Crippen LogP contribution in [-0.4, -0.2) is 18.9 Å². The molecule has 0 aliphatic heterocycles. The van der Waals surface area contributed by atoms with Crippen molar-refractivity contribution >= 4 is 11.5 Å². The molecular weight excluding hydrogens is 217 g/mol. The summed E-state index contributed by atoms with van der Waals surface area (Å²) < 4.78 is 13.8. The first-order valence-electron chi connectivity index (χ1n) is 5.37. The highest BCUT2D eigenvalue weighted by molar-refractivity contribution is 5.94. The summed E-state index contributed by atoms with van der Waals surface area (Å²) in [7, 11) is 0. The van der Waals surface area contributed by atoms with Gasteiger partial charge in [-0.05, 0) is 25.1 Å². The van der Waals surface area contributed by atoms with Crippen LogP contribution in [0.1, 0.15) is 17.3 Å². The van der Waals surface area contributed by atoms with Crippen molar-refractivity contribution in [3.63, 3.8) is 0 Å². The third-order valence-corrected chi connectivity index (χ3v) is 2.39. The fourth-order valence-corrected chi connectivity index (χ4v) is 1.57. The molecule has 0 fully saturated rings. The molecule has 1 aromatic rings. The fraction of sp³-hybridized carbons (Fsp3) is 0.214. The molecular formula is C14H16FNO. The molecule has 17 heavy (non-hydrogen) atoms. The lowest BCUT2D eigenvalue weighted by Crippen LogP contribution is -2.24. The van der Waals surface area contributed by atoms with Gasteiger partial charge in [0.25, 0.3) is 0 Å². The number of carbonyl (C=O) groups is 1. The second-order valence-corrected chi connectivity index (χ2v) is 3.70. The predicted octanol–water partition coefficient (Wildman–Crippen LogP) is 3.21. The number of ketones is 1. The normalized spacial score (nSPS) is 9.76. The molecule has 0 spiro atoms.